The van der Waals surface area contributed by atoms with Gasteiger partial charge < -0.3 is 5.32 Å². The van der Waals surface area contributed by atoms with Gasteiger partial charge >= 0.3 is 0 Å². The first-order valence-electron chi connectivity index (χ1n) is 11.4. The fourth-order valence-electron chi connectivity index (χ4n) is 9.61. The molecule has 8 rings (SSSR count). The van der Waals surface area contributed by atoms with Gasteiger partial charge in [-0.1, -0.05) is 0 Å². The number of carbonyl (C=O) groups is 1. The van der Waals surface area contributed by atoms with Gasteiger partial charge in [0.1, 0.15) is 0 Å². The Morgan fingerprint density at radius 3 is 1.52 bits per heavy atom. The maximum Gasteiger partial charge on any atom is 0.226 e. The molecular weight excluding hydrogens is 306 g/mol. The van der Waals surface area contributed by atoms with Crippen molar-refractivity contribution < 1.29 is 4.79 Å². The van der Waals surface area contributed by atoms with Gasteiger partial charge in [-0.2, -0.15) is 0 Å². The summed E-state index contributed by atoms with van der Waals surface area (Å²) in [5.41, 5.74) is 0.666. The average Bonchev–Trinajstić information content (AvgIpc) is 2.52. The third-order valence-electron chi connectivity index (χ3n) is 9.63. The van der Waals surface area contributed by atoms with Crippen molar-refractivity contribution in [3.05, 3.63) is 0 Å². The molecule has 0 aromatic rings. The van der Waals surface area contributed by atoms with Gasteiger partial charge in [0.2, 0.25) is 5.91 Å². The zero-order valence-corrected chi connectivity index (χ0v) is 15.8. The molecule has 0 atom stereocenters. The van der Waals surface area contributed by atoms with E-state index in [2.05, 4.69) is 5.32 Å². The third-order valence-corrected chi connectivity index (χ3v) is 9.63. The molecule has 1 amide bonds. The van der Waals surface area contributed by atoms with E-state index >= 15 is 0 Å². The Hall–Kier alpha value is -0.530. The predicted octanol–water partition coefficient (Wildman–Crippen LogP) is 4.93. The quantitative estimate of drug-likeness (QED) is 0.772. The standard InChI is InChI=1S/C23H35NO/c25-21(23-12-18-6-19(13-23)8-20(7-18)14-23)24-2-1-22-9-15-3-16(10-22)5-17(4-15)11-22/h15-20H,1-14H2,(H,24,25). The number of amides is 1. The summed E-state index contributed by atoms with van der Waals surface area (Å²) in [6, 6.07) is 0. The van der Waals surface area contributed by atoms with Crippen molar-refractivity contribution in [2.24, 2.45) is 46.3 Å². The first-order valence-corrected chi connectivity index (χ1v) is 11.4. The lowest BCUT2D eigenvalue weighted by Crippen LogP contribution is -2.54. The zero-order valence-electron chi connectivity index (χ0n) is 15.8. The topological polar surface area (TPSA) is 29.1 Å². The van der Waals surface area contributed by atoms with Crippen LogP contribution in [0.5, 0.6) is 0 Å². The molecule has 2 heteroatoms. The fraction of sp³-hybridized carbons (Fsp3) is 0.957. The van der Waals surface area contributed by atoms with E-state index in [0.29, 0.717) is 11.3 Å². The highest BCUT2D eigenvalue weighted by Gasteiger charge is 2.55. The van der Waals surface area contributed by atoms with Gasteiger partial charge in [-0.25, -0.2) is 0 Å². The van der Waals surface area contributed by atoms with Gasteiger partial charge in [-0.15, -0.1) is 0 Å². The van der Waals surface area contributed by atoms with E-state index in [9.17, 15) is 4.79 Å². The predicted molar refractivity (Wildman–Crippen MR) is 98.8 cm³/mol. The van der Waals surface area contributed by atoms with Crippen molar-refractivity contribution in [3.8, 4) is 0 Å². The van der Waals surface area contributed by atoms with E-state index in [1.54, 1.807) is 0 Å². The van der Waals surface area contributed by atoms with Crippen LogP contribution in [0.1, 0.15) is 83.5 Å². The van der Waals surface area contributed by atoms with E-state index in [-0.39, 0.29) is 5.41 Å². The Morgan fingerprint density at radius 1 is 0.680 bits per heavy atom. The number of nitrogens with one attached hydrogen (secondary N) is 1. The van der Waals surface area contributed by atoms with Crippen LogP contribution in [0.25, 0.3) is 0 Å². The van der Waals surface area contributed by atoms with Gasteiger partial charge in [0.15, 0.2) is 0 Å². The molecule has 0 aromatic carbocycles. The first-order chi connectivity index (χ1) is 12.1. The Bertz CT molecular complexity index is 508. The van der Waals surface area contributed by atoms with Crippen LogP contribution in [-0.2, 0) is 4.79 Å². The molecule has 8 aliphatic carbocycles. The van der Waals surface area contributed by atoms with Crippen LogP contribution in [0, 0.1) is 46.3 Å². The molecule has 0 unspecified atom stereocenters. The van der Waals surface area contributed by atoms with Gasteiger partial charge in [0, 0.05) is 12.0 Å². The molecule has 8 fully saturated rings. The Morgan fingerprint density at radius 2 is 1.08 bits per heavy atom. The second kappa shape index (κ2) is 5.26. The van der Waals surface area contributed by atoms with Crippen molar-refractivity contribution in [3.63, 3.8) is 0 Å². The first kappa shape index (κ1) is 15.5. The van der Waals surface area contributed by atoms with Crippen LogP contribution < -0.4 is 5.32 Å². The maximum atomic E-state index is 13.2. The highest BCUT2D eigenvalue weighted by Crippen LogP contribution is 2.62. The summed E-state index contributed by atoms with van der Waals surface area (Å²) in [5, 5.41) is 3.48. The second-order valence-corrected chi connectivity index (χ2v) is 11.6. The van der Waals surface area contributed by atoms with Crippen LogP contribution in [-0.4, -0.2) is 12.5 Å². The molecule has 0 aromatic heterocycles. The molecule has 0 aliphatic heterocycles. The molecule has 1 N–H and O–H groups in total. The van der Waals surface area contributed by atoms with Gasteiger partial charge in [0.05, 0.1) is 0 Å². The highest BCUT2D eigenvalue weighted by molar-refractivity contribution is 5.83. The molecule has 0 saturated heterocycles. The largest absolute Gasteiger partial charge is 0.356 e. The molecule has 8 saturated carbocycles. The molecule has 25 heavy (non-hydrogen) atoms. The summed E-state index contributed by atoms with van der Waals surface area (Å²) >= 11 is 0. The van der Waals surface area contributed by atoms with Gasteiger partial charge in [0.25, 0.3) is 0 Å². The van der Waals surface area contributed by atoms with E-state index in [0.717, 1.165) is 42.1 Å². The number of rotatable bonds is 4. The fourth-order valence-corrected chi connectivity index (χ4v) is 9.61. The molecule has 2 nitrogen and oxygen atoms in total. The number of hydrogen-bond donors (Lipinski definition) is 1. The Balaban J connectivity index is 1.10. The Kier molecular flexibility index (Phi) is 3.26. The third kappa shape index (κ3) is 2.45. The maximum absolute atomic E-state index is 13.2. The lowest BCUT2D eigenvalue weighted by Gasteiger charge is -2.57. The summed E-state index contributed by atoms with van der Waals surface area (Å²) in [5.74, 6) is 6.18. The number of hydrogen-bond acceptors (Lipinski definition) is 1. The molecule has 0 heterocycles. The monoisotopic (exact) mass is 341 g/mol. The Labute approximate surface area is 152 Å². The van der Waals surface area contributed by atoms with Crippen LogP contribution >= 0.6 is 0 Å². The summed E-state index contributed by atoms with van der Waals surface area (Å²) < 4.78 is 0. The van der Waals surface area contributed by atoms with Crippen molar-refractivity contribution >= 4 is 5.91 Å². The van der Waals surface area contributed by atoms with E-state index in [1.807, 2.05) is 0 Å². The highest BCUT2D eigenvalue weighted by atomic mass is 16.2. The van der Waals surface area contributed by atoms with Crippen LogP contribution in [0.3, 0.4) is 0 Å². The number of carbonyl (C=O) groups excluding carboxylic acids is 1. The SMILES string of the molecule is O=C(NCCC12CC3CC(CC(C3)C1)C2)C12CC3CC(CC(C3)C1)C2. The molecule has 138 valence electrons. The van der Waals surface area contributed by atoms with Crippen molar-refractivity contribution in [1.82, 2.24) is 5.32 Å². The zero-order chi connectivity index (χ0) is 16.6. The summed E-state index contributed by atoms with van der Waals surface area (Å²) in [6.45, 7) is 0.965. The smallest absolute Gasteiger partial charge is 0.226 e. The van der Waals surface area contributed by atoms with E-state index in [4.69, 9.17) is 0 Å². The summed E-state index contributed by atoms with van der Waals surface area (Å²) in [4.78, 5) is 13.2. The molecule has 0 spiro atoms. The molecular formula is C23H35NO. The second-order valence-electron chi connectivity index (χ2n) is 11.6. The average molecular weight is 342 g/mol. The molecule has 0 radical (unpaired) electrons. The minimum atomic E-state index is 0.0518. The lowest BCUT2D eigenvalue weighted by molar-refractivity contribution is -0.146. The van der Waals surface area contributed by atoms with Crippen molar-refractivity contribution in [2.45, 2.75) is 83.5 Å². The van der Waals surface area contributed by atoms with Gasteiger partial charge in [-0.3, -0.25) is 4.79 Å². The summed E-state index contributed by atoms with van der Waals surface area (Å²) in [6.07, 6.45) is 18.2. The normalized spacial score (nSPS) is 54.9. The van der Waals surface area contributed by atoms with Gasteiger partial charge in [-0.05, 0) is 124 Å². The van der Waals surface area contributed by atoms with Crippen molar-refractivity contribution in [1.29, 1.82) is 0 Å². The van der Waals surface area contributed by atoms with Crippen LogP contribution in [0.4, 0.5) is 0 Å². The minimum absolute atomic E-state index is 0.0518. The van der Waals surface area contributed by atoms with E-state index in [1.165, 1.54) is 83.5 Å². The molecule has 8 aliphatic rings. The van der Waals surface area contributed by atoms with Crippen molar-refractivity contribution in [2.75, 3.05) is 6.54 Å². The lowest BCUT2D eigenvalue weighted by atomic mass is 9.48. The minimum Gasteiger partial charge on any atom is -0.356 e. The van der Waals surface area contributed by atoms with E-state index < -0.39 is 0 Å². The van der Waals surface area contributed by atoms with Crippen LogP contribution in [0.15, 0.2) is 0 Å². The molecule has 8 bridgehead atoms. The van der Waals surface area contributed by atoms with Crippen LogP contribution in [0.2, 0.25) is 0 Å². The summed E-state index contributed by atoms with van der Waals surface area (Å²) in [7, 11) is 0.